The van der Waals surface area contributed by atoms with Crippen molar-refractivity contribution in [3.8, 4) is 0 Å². The van der Waals surface area contributed by atoms with Gasteiger partial charge in [0, 0.05) is 24.6 Å². The number of pyridine rings is 1. The van der Waals surface area contributed by atoms with E-state index >= 15 is 0 Å². The second-order valence-electron chi connectivity index (χ2n) is 4.38. The minimum absolute atomic E-state index is 0.0201. The molecule has 0 bridgehead atoms. The highest BCUT2D eigenvalue weighted by atomic mass is 16.2. The Balaban J connectivity index is 1.84. The van der Waals surface area contributed by atoms with Gasteiger partial charge in [0.1, 0.15) is 6.04 Å². The monoisotopic (exact) mass is 227 g/mol. The molecule has 4 heteroatoms. The summed E-state index contributed by atoms with van der Waals surface area (Å²) < 4.78 is 0. The number of hydrogen-bond donors (Lipinski definition) is 2. The van der Waals surface area contributed by atoms with Crippen molar-refractivity contribution in [2.45, 2.75) is 12.5 Å². The van der Waals surface area contributed by atoms with Crippen molar-refractivity contribution in [3.05, 3.63) is 47.4 Å². The number of carbonyl (C=O) groups excluding carboxylic acids is 1. The summed E-state index contributed by atoms with van der Waals surface area (Å²) in [6, 6.07) is 1.76. The molecule has 86 valence electrons. The number of carbonyl (C=O) groups is 1. The molecule has 1 atom stereocenters. The van der Waals surface area contributed by atoms with Gasteiger partial charge in [0.2, 0.25) is 5.91 Å². The van der Waals surface area contributed by atoms with Crippen molar-refractivity contribution >= 4 is 12.0 Å². The first kappa shape index (κ1) is 10.2. The van der Waals surface area contributed by atoms with Gasteiger partial charge in [-0.25, -0.2) is 0 Å². The van der Waals surface area contributed by atoms with Crippen LogP contribution >= 0.6 is 0 Å². The van der Waals surface area contributed by atoms with E-state index in [1.54, 1.807) is 6.20 Å². The van der Waals surface area contributed by atoms with Crippen LogP contribution in [0.5, 0.6) is 0 Å². The highest BCUT2D eigenvalue weighted by molar-refractivity contribution is 5.89. The van der Waals surface area contributed by atoms with Crippen molar-refractivity contribution in [2.75, 3.05) is 6.54 Å². The van der Waals surface area contributed by atoms with Gasteiger partial charge in [0.25, 0.3) is 0 Å². The average Bonchev–Trinajstić information content (AvgIpc) is 2.72. The molecular formula is C13H13N3O. The van der Waals surface area contributed by atoms with Crippen molar-refractivity contribution in [1.29, 1.82) is 0 Å². The fourth-order valence-electron chi connectivity index (χ4n) is 2.29. The van der Waals surface area contributed by atoms with Crippen LogP contribution in [0.2, 0.25) is 0 Å². The van der Waals surface area contributed by atoms with Crippen LogP contribution in [0.1, 0.15) is 11.1 Å². The first-order valence-electron chi connectivity index (χ1n) is 5.59. The van der Waals surface area contributed by atoms with E-state index in [4.69, 9.17) is 0 Å². The van der Waals surface area contributed by atoms with E-state index in [2.05, 4.69) is 22.2 Å². The zero-order valence-corrected chi connectivity index (χ0v) is 9.36. The first-order valence-corrected chi connectivity index (χ1v) is 5.59. The molecule has 1 unspecified atom stereocenters. The lowest BCUT2D eigenvalue weighted by Crippen LogP contribution is -2.52. The van der Waals surface area contributed by atoms with Gasteiger partial charge in [-0.1, -0.05) is 12.7 Å². The maximum Gasteiger partial charge on any atom is 0.245 e. The molecular weight excluding hydrogens is 214 g/mol. The number of rotatable bonds is 1. The van der Waals surface area contributed by atoms with Gasteiger partial charge in [-0.2, -0.15) is 0 Å². The quantitative estimate of drug-likeness (QED) is 0.739. The van der Waals surface area contributed by atoms with Gasteiger partial charge in [-0.05, 0) is 29.2 Å². The molecule has 1 amide bonds. The summed E-state index contributed by atoms with van der Waals surface area (Å²) in [5.41, 5.74) is 4.16. The standard InChI is InChI=1S/C13H13N3O/c1-8-6-15-12(13(17)16-8)10-4-9-2-3-14-7-11(9)5-10/h2-3,5,7,12,15H,1,4,6H2,(H,16,17). The first-order chi connectivity index (χ1) is 8.24. The third kappa shape index (κ3) is 1.76. The summed E-state index contributed by atoms with van der Waals surface area (Å²) in [5.74, 6) is -0.0201. The van der Waals surface area contributed by atoms with Gasteiger partial charge in [-0.3, -0.25) is 15.1 Å². The van der Waals surface area contributed by atoms with Gasteiger partial charge >= 0.3 is 0 Å². The van der Waals surface area contributed by atoms with Crippen molar-refractivity contribution in [2.24, 2.45) is 0 Å². The molecule has 0 radical (unpaired) electrons. The molecule has 0 spiro atoms. The number of piperazine rings is 1. The third-order valence-electron chi connectivity index (χ3n) is 3.13. The summed E-state index contributed by atoms with van der Waals surface area (Å²) in [4.78, 5) is 15.9. The minimum Gasteiger partial charge on any atom is -0.327 e. The maximum atomic E-state index is 11.9. The number of aromatic nitrogens is 1. The molecule has 17 heavy (non-hydrogen) atoms. The van der Waals surface area contributed by atoms with Crippen LogP contribution in [0.3, 0.4) is 0 Å². The van der Waals surface area contributed by atoms with Gasteiger partial charge in [-0.15, -0.1) is 0 Å². The molecule has 1 aliphatic carbocycles. The normalized spacial score (nSPS) is 23.1. The Morgan fingerprint density at radius 2 is 2.35 bits per heavy atom. The van der Waals surface area contributed by atoms with E-state index in [-0.39, 0.29) is 11.9 Å². The Kier molecular flexibility index (Phi) is 2.30. The Morgan fingerprint density at radius 1 is 1.47 bits per heavy atom. The van der Waals surface area contributed by atoms with Crippen LogP contribution in [0.15, 0.2) is 36.3 Å². The van der Waals surface area contributed by atoms with Crippen LogP contribution in [0.25, 0.3) is 6.08 Å². The number of hydrogen-bond acceptors (Lipinski definition) is 3. The Morgan fingerprint density at radius 3 is 3.12 bits per heavy atom. The second kappa shape index (κ2) is 3.82. The molecule has 0 aromatic carbocycles. The van der Waals surface area contributed by atoms with E-state index in [1.807, 2.05) is 18.3 Å². The lowest BCUT2D eigenvalue weighted by Gasteiger charge is -2.26. The molecule has 1 fully saturated rings. The van der Waals surface area contributed by atoms with Crippen LogP contribution < -0.4 is 10.6 Å². The number of nitrogens with zero attached hydrogens (tertiary/aromatic N) is 1. The van der Waals surface area contributed by atoms with E-state index in [0.29, 0.717) is 6.54 Å². The lowest BCUT2D eigenvalue weighted by molar-refractivity contribution is -0.122. The summed E-state index contributed by atoms with van der Waals surface area (Å²) in [6.07, 6.45) is 6.48. The zero-order chi connectivity index (χ0) is 11.8. The third-order valence-corrected chi connectivity index (χ3v) is 3.13. The molecule has 1 aromatic heterocycles. The van der Waals surface area contributed by atoms with Gasteiger partial charge in [0.15, 0.2) is 0 Å². The van der Waals surface area contributed by atoms with Crippen molar-refractivity contribution in [3.63, 3.8) is 0 Å². The highest BCUT2D eigenvalue weighted by Gasteiger charge is 2.29. The molecule has 1 aliphatic heterocycles. The summed E-state index contributed by atoms with van der Waals surface area (Å²) in [5, 5.41) is 5.98. The number of fused-ring (bicyclic) bond motifs is 1. The molecule has 1 aromatic rings. The SMILES string of the molecule is C=C1CNC(C2=Cc3cnccc3C2)C(=O)N1. The fraction of sp³-hybridized carbons (Fsp3) is 0.231. The Hall–Kier alpha value is -1.94. The minimum atomic E-state index is -0.243. The molecule has 1 saturated heterocycles. The van der Waals surface area contributed by atoms with Crippen molar-refractivity contribution in [1.82, 2.24) is 15.6 Å². The van der Waals surface area contributed by atoms with Gasteiger partial charge < -0.3 is 5.32 Å². The Bertz CT molecular complexity index is 533. The topological polar surface area (TPSA) is 54.0 Å². The van der Waals surface area contributed by atoms with Crippen LogP contribution in [-0.2, 0) is 11.2 Å². The fourth-order valence-corrected chi connectivity index (χ4v) is 2.29. The van der Waals surface area contributed by atoms with Crippen molar-refractivity contribution < 1.29 is 4.79 Å². The molecule has 2 heterocycles. The molecule has 2 N–H and O–H groups in total. The predicted octanol–water partition coefficient (Wildman–Crippen LogP) is 0.623. The molecule has 4 nitrogen and oxygen atoms in total. The van der Waals surface area contributed by atoms with E-state index in [0.717, 1.165) is 23.3 Å². The van der Waals surface area contributed by atoms with E-state index in [9.17, 15) is 4.79 Å². The molecule has 0 saturated carbocycles. The lowest BCUT2D eigenvalue weighted by atomic mass is 10.0. The van der Waals surface area contributed by atoms with Crippen LogP contribution in [0.4, 0.5) is 0 Å². The Labute approximate surface area is 99.4 Å². The van der Waals surface area contributed by atoms with Crippen LogP contribution in [-0.4, -0.2) is 23.5 Å². The number of amides is 1. The summed E-state index contributed by atoms with van der Waals surface area (Å²) in [6.45, 7) is 4.37. The molecule has 2 aliphatic rings. The van der Waals surface area contributed by atoms with E-state index in [1.165, 1.54) is 5.56 Å². The second-order valence-corrected chi connectivity index (χ2v) is 4.38. The predicted molar refractivity (Wildman–Crippen MR) is 65.0 cm³/mol. The summed E-state index contributed by atoms with van der Waals surface area (Å²) in [7, 11) is 0. The van der Waals surface area contributed by atoms with Crippen LogP contribution in [0, 0.1) is 0 Å². The summed E-state index contributed by atoms with van der Waals surface area (Å²) >= 11 is 0. The zero-order valence-electron chi connectivity index (χ0n) is 9.36. The average molecular weight is 227 g/mol. The van der Waals surface area contributed by atoms with E-state index < -0.39 is 0 Å². The molecule has 3 rings (SSSR count). The largest absolute Gasteiger partial charge is 0.327 e. The number of nitrogens with one attached hydrogen (secondary N) is 2. The maximum absolute atomic E-state index is 11.9. The van der Waals surface area contributed by atoms with Gasteiger partial charge in [0.05, 0.1) is 0 Å². The smallest absolute Gasteiger partial charge is 0.245 e. The highest BCUT2D eigenvalue weighted by Crippen LogP contribution is 2.26.